The van der Waals surface area contributed by atoms with Gasteiger partial charge < -0.3 is 15.4 Å². The largest absolute Gasteiger partial charge is 0.492 e. The van der Waals surface area contributed by atoms with Gasteiger partial charge in [0.25, 0.3) is 0 Å². The van der Waals surface area contributed by atoms with E-state index in [0.29, 0.717) is 13.2 Å². The predicted molar refractivity (Wildman–Crippen MR) is 94.8 cm³/mol. The number of nitrogens with two attached hydrogens (primary N) is 1. The Morgan fingerprint density at radius 1 is 1.12 bits per heavy atom. The van der Waals surface area contributed by atoms with E-state index in [1.165, 1.54) is 0 Å². The Kier molecular flexibility index (Phi) is 5.74. The van der Waals surface area contributed by atoms with Crippen molar-refractivity contribution in [2.45, 2.75) is 6.54 Å². The van der Waals surface area contributed by atoms with Gasteiger partial charge in [0.05, 0.1) is 23.8 Å². The second kappa shape index (κ2) is 8.19. The summed E-state index contributed by atoms with van der Waals surface area (Å²) in [5.41, 5.74) is 8.18. The molecule has 1 aliphatic rings. The van der Waals surface area contributed by atoms with Crippen LogP contribution in [0.15, 0.2) is 36.7 Å². The SMILES string of the molecule is CN1CCN(CCOc2cccc(-c3cnc(CN)cn3)c2)CC1. The summed E-state index contributed by atoms with van der Waals surface area (Å²) in [4.78, 5) is 13.5. The highest BCUT2D eigenvalue weighted by molar-refractivity contribution is 5.60. The molecule has 0 radical (unpaired) electrons. The van der Waals surface area contributed by atoms with Crippen molar-refractivity contribution in [1.29, 1.82) is 0 Å². The van der Waals surface area contributed by atoms with Gasteiger partial charge in [-0.05, 0) is 19.2 Å². The number of piperazine rings is 1. The van der Waals surface area contributed by atoms with Crippen LogP contribution in [0.3, 0.4) is 0 Å². The molecule has 6 nitrogen and oxygen atoms in total. The highest BCUT2D eigenvalue weighted by Crippen LogP contribution is 2.21. The maximum atomic E-state index is 5.92. The van der Waals surface area contributed by atoms with Gasteiger partial charge in [0, 0.05) is 44.8 Å². The molecular weight excluding hydrogens is 302 g/mol. The molecule has 6 heteroatoms. The average Bonchev–Trinajstić information content (AvgIpc) is 2.64. The van der Waals surface area contributed by atoms with Crippen LogP contribution in [0.5, 0.6) is 5.75 Å². The Bertz CT molecular complexity index is 638. The van der Waals surface area contributed by atoms with E-state index >= 15 is 0 Å². The van der Waals surface area contributed by atoms with Gasteiger partial charge in [0.1, 0.15) is 12.4 Å². The Morgan fingerprint density at radius 2 is 1.96 bits per heavy atom. The van der Waals surface area contributed by atoms with E-state index in [0.717, 1.165) is 55.4 Å². The molecule has 0 saturated carbocycles. The first kappa shape index (κ1) is 16.8. The summed E-state index contributed by atoms with van der Waals surface area (Å²) in [6.07, 6.45) is 3.47. The number of nitrogens with zero attached hydrogens (tertiary/aromatic N) is 4. The lowest BCUT2D eigenvalue weighted by Gasteiger charge is -2.32. The van der Waals surface area contributed by atoms with E-state index in [9.17, 15) is 0 Å². The van der Waals surface area contributed by atoms with E-state index in [2.05, 4.69) is 26.8 Å². The molecule has 0 atom stereocenters. The van der Waals surface area contributed by atoms with Gasteiger partial charge >= 0.3 is 0 Å². The Balaban J connectivity index is 1.55. The number of rotatable bonds is 6. The van der Waals surface area contributed by atoms with Gasteiger partial charge in [-0.3, -0.25) is 14.9 Å². The Labute approximate surface area is 143 Å². The van der Waals surface area contributed by atoms with Crippen LogP contribution in [0.4, 0.5) is 0 Å². The van der Waals surface area contributed by atoms with E-state index < -0.39 is 0 Å². The lowest BCUT2D eigenvalue weighted by atomic mass is 10.1. The number of aromatic nitrogens is 2. The molecule has 2 aromatic rings. The summed E-state index contributed by atoms with van der Waals surface area (Å²) in [7, 11) is 2.17. The van der Waals surface area contributed by atoms with E-state index in [4.69, 9.17) is 10.5 Å². The molecule has 3 rings (SSSR count). The van der Waals surface area contributed by atoms with Gasteiger partial charge in [0.2, 0.25) is 0 Å². The van der Waals surface area contributed by atoms with Crippen molar-refractivity contribution in [3.05, 3.63) is 42.4 Å². The average molecular weight is 327 g/mol. The van der Waals surface area contributed by atoms with Crippen molar-refractivity contribution in [2.75, 3.05) is 46.4 Å². The summed E-state index contributed by atoms with van der Waals surface area (Å²) >= 11 is 0. The van der Waals surface area contributed by atoms with E-state index in [1.54, 1.807) is 12.4 Å². The number of likely N-dealkylation sites (N-methyl/N-ethyl adjacent to an activating group) is 1. The summed E-state index contributed by atoms with van der Waals surface area (Å²) in [5, 5.41) is 0. The molecule has 2 N–H and O–H groups in total. The highest BCUT2D eigenvalue weighted by atomic mass is 16.5. The van der Waals surface area contributed by atoms with Gasteiger partial charge in [0.15, 0.2) is 0 Å². The zero-order valence-electron chi connectivity index (χ0n) is 14.2. The molecule has 0 unspecified atom stereocenters. The van der Waals surface area contributed by atoms with Crippen LogP contribution in [0.1, 0.15) is 5.69 Å². The minimum absolute atomic E-state index is 0.405. The second-order valence-corrected chi connectivity index (χ2v) is 6.12. The fourth-order valence-corrected chi connectivity index (χ4v) is 2.72. The number of hydrogen-bond acceptors (Lipinski definition) is 6. The van der Waals surface area contributed by atoms with Crippen LogP contribution in [0, 0.1) is 0 Å². The summed E-state index contributed by atoms with van der Waals surface area (Å²) < 4.78 is 5.92. The molecule has 0 spiro atoms. The van der Waals surface area contributed by atoms with Crippen LogP contribution in [-0.2, 0) is 6.54 Å². The molecule has 0 bridgehead atoms. The zero-order valence-corrected chi connectivity index (χ0v) is 14.2. The first-order chi connectivity index (χ1) is 11.7. The summed E-state index contributed by atoms with van der Waals surface area (Å²) in [5.74, 6) is 0.867. The Hall–Kier alpha value is -2.02. The molecule has 0 amide bonds. The lowest BCUT2D eigenvalue weighted by Crippen LogP contribution is -2.45. The van der Waals surface area contributed by atoms with Crippen molar-refractivity contribution >= 4 is 0 Å². The minimum Gasteiger partial charge on any atom is -0.492 e. The maximum absolute atomic E-state index is 5.92. The van der Waals surface area contributed by atoms with Crippen LogP contribution in [0.2, 0.25) is 0 Å². The molecule has 1 fully saturated rings. The molecule has 1 aromatic heterocycles. The van der Waals surface area contributed by atoms with E-state index in [-0.39, 0.29) is 0 Å². The number of ether oxygens (including phenoxy) is 1. The molecule has 24 heavy (non-hydrogen) atoms. The van der Waals surface area contributed by atoms with Crippen molar-refractivity contribution in [2.24, 2.45) is 5.73 Å². The monoisotopic (exact) mass is 327 g/mol. The third-order valence-corrected chi connectivity index (χ3v) is 4.32. The lowest BCUT2D eigenvalue weighted by molar-refractivity contribution is 0.134. The third-order valence-electron chi connectivity index (χ3n) is 4.32. The fourth-order valence-electron chi connectivity index (χ4n) is 2.72. The molecule has 1 aliphatic heterocycles. The smallest absolute Gasteiger partial charge is 0.120 e. The highest BCUT2D eigenvalue weighted by Gasteiger charge is 2.13. The first-order valence-corrected chi connectivity index (χ1v) is 8.40. The normalized spacial score (nSPS) is 16.2. The first-order valence-electron chi connectivity index (χ1n) is 8.40. The van der Waals surface area contributed by atoms with Gasteiger partial charge in [-0.15, -0.1) is 0 Å². The number of benzene rings is 1. The fraction of sp³-hybridized carbons (Fsp3) is 0.444. The van der Waals surface area contributed by atoms with Crippen LogP contribution >= 0.6 is 0 Å². The second-order valence-electron chi connectivity index (χ2n) is 6.12. The van der Waals surface area contributed by atoms with Crippen LogP contribution < -0.4 is 10.5 Å². The molecule has 128 valence electrons. The standard InChI is InChI=1S/C18H25N5O/c1-22-5-7-23(8-6-22)9-10-24-17-4-2-3-15(11-17)18-14-20-16(12-19)13-21-18/h2-4,11,13-14H,5-10,12,19H2,1H3. The maximum Gasteiger partial charge on any atom is 0.120 e. The van der Waals surface area contributed by atoms with Gasteiger partial charge in [-0.1, -0.05) is 12.1 Å². The van der Waals surface area contributed by atoms with Crippen LogP contribution in [-0.4, -0.2) is 66.1 Å². The van der Waals surface area contributed by atoms with E-state index in [1.807, 2.05) is 24.3 Å². The van der Waals surface area contributed by atoms with Gasteiger partial charge in [-0.2, -0.15) is 0 Å². The minimum atomic E-state index is 0.405. The third kappa shape index (κ3) is 4.50. The van der Waals surface area contributed by atoms with Crippen LogP contribution in [0.25, 0.3) is 11.3 Å². The molecule has 1 aromatic carbocycles. The number of hydrogen-bond donors (Lipinski definition) is 1. The molecule has 0 aliphatic carbocycles. The van der Waals surface area contributed by atoms with Crippen molar-refractivity contribution < 1.29 is 4.74 Å². The quantitative estimate of drug-likeness (QED) is 0.861. The van der Waals surface area contributed by atoms with Crippen molar-refractivity contribution in [1.82, 2.24) is 19.8 Å². The van der Waals surface area contributed by atoms with Crippen molar-refractivity contribution in [3.8, 4) is 17.0 Å². The predicted octanol–water partition coefficient (Wildman–Crippen LogP) is 1.23. The Morgan fingerprint density at radius 3 is 2.67 bits per heavy atom. The van der Waals surface area contributed by atoms with Gasteiger partial charge in [-0.25, -0.2) is 0 Å². The topological polar surface area (TPSA) is 67.5 Å². The molecule has 1 saturated heterocycles. The zero-order chi connectivity index (χ0) is 16.8. The summed E-state index contributed by atoms with van der Waals surface area (Å²) in [6, 6.07) is 7.99. The van der Waals surface area contributed by atoms with Crippen molar-refractivity contribution in [3.63, 3.8) is 0 Å². The summed E-state index contributed by atoms with van der Waals surface area (Å²) in [6.45, 7) is 6.56. The molecular formula is C18H25N5O. The molecule has 2 heterocycles.